The molecule has 0 amide bonds. The number of carbonyl (C=O) groups is 1. The van der Waals surface area contributed by atoms with Gasteiger partial charge in [0.15, 0.2) is 0 Å². The SMILES string of the molecule is CC(N)(OS(=O)(=O)O)C(=O)O. The Morgan fingerprint density at radius 2 is 2.00 bits per heavy atom. The van der Waals surface area contributed by atoms with Gasteiger partial charge in [-0.1, -0.05) is 0 Å². The Morgan fingerprint density at radius 1 is 1.64 bits per heavy atom. The summed E-state index contributed by atoms with van der Waals surface area (Å²) in [5.74, 6) is -1.70. The Balaban J connectivity index is 4.51. The van der Waals surface area contributed by atoms with Crippen LogP contribution >= 0.6 is 0 Å². The summed E-state index contributed by atoms with van der Waals surface area (Å²) in [7, 11) is -4.83. The zero-order valence-corrected chi connectivity index (χ0v) is 6.33. The zero-order valence-electron chi connectivity index (χ0n) is 5.51. The maximum Gasteiger partial charge on any atom is 0.399 e. The zero-order chi connectivity index (χ0) is 9.28. The van der Waals surface area contributed by atoms with Crippen molar-refractivity contribution in [3.63, 3.8) is 0 Å². The van der Waals surface area contributed by atoms with Crippen molar-refractivity contribution in [2.75, 3.05) is 0 Å². The first-order chi connectivity index (χ1) is 4.65. The van der Waals surface area contributed by atoms with Crippen LogP contribution in [0.2, 0.25) is 0 Å². The number of hydrogen-bond acceptors (Lipinski definition) is 5. The molecule has 1 unspecified atom stereocenters. The van der Waals surface area contributed by atoms with Crippen molar-refractivity contribution in [1.82, 2.24) is 0 Å². The monoisotopic (exact) mass is 185 g/mol. The summed E-state index contributed by atoms with van der Waals surface area (Å²) in [5, 5.41) is 8.18. The number of nitrogens with two attached hydrogens (primary N) is 1. The van der Waals surface area contributed by atoms with E-state index in [1.165, 1.54) is 0 Å². The highest BCUT2D eigenvalue weighted by Gasteiger charge is 2.34. The lowest BCUT2D eigenvalue weighted by atomic mass is 10.3. The first-order valence-corrected chi connectivity index (χ1v) is 3.72. The predicted octanol–water partition coefficient (Wildman–Crippen LogP) is -1.43. The van der Waals surface area contributed by atoms with E-state index in [0.717, 1.165) is 6.92 Å². The second kappa shape index (κ2) is 2.74. The van der Waals surface area contributed by atoms with Crippen molar-refractivity contribution >= 4 is 16.4 Å². The summed E-state index contributed by atoms with van der Waals surface area (Å²) >= 11 is 0. The van der Waals surface area contributed by atoms with Crippen LogP contribution in [0.3, 0.4) is 0 Å². The van der Waals surface area contributed by atoms with Crippen molar-refractivity contribution in [3.8, 4) is 0 Å². The maximum absolute atomic E-state index is 10.1. The van der Waals surface area contributed by atoms with Gasteiger partial charge < -0.3 is 5.11 Å². The Hall–Kier alpha value is -0.700. The van der Waals surface area contributed by atoms with Gasteiger partial charge in [-0.2, -0.15) is 8.42 Å². The van der Waals surface area contributed by atoms with Crippen LogP contribution in [0.15, 0.2) is 0 Å². The molecule has 11 heavy (non-hydrogen) atoms. The molecular formula is C3H7NO6S. The summed E-state index contributed by atoms with van der Waals surface area (Å²) in [6.07, 6.45) is 0. The third kappa shape index (κ3) is 3.88. The van der Waals surface area contributed by atoms with E-state index in [0.29, 0.717) is 0 Å². The van der Waals surface area contributed by atoms with Gasteiger partial charge in [0.25, 0.3) is 0 Å². The maximum atomic E-state index is 10.1. The van der Waals surface area contributed by atoms with Gasteiger partial charge in [-0.3, -0.25) is 10.3 Å². The third-order valence-corrected chi connectivity index (χ3v) is 1.26. The van der Waals surface area contributed by atoms with E-state index in [1.54, 1.807) is 0 Å². The van der Waals surface area contributed by atoms with Gasteiger partial charge in [0.05, 0.1) is 0 Å². The Morgan fingerprint density at radius 3 is 2.09 bits per heavy atom. The molecule has 0 spiro atoms. The van der Waals surface area contributed by atoms with E-state index >= 15 is 0 Å². The van der Waals surface area contributed by atoms with Crippen LogP contribution in [0.4, 0.5) is 0 Å². The second-order valence-electron chi connectivity index (χ2n) is 1.92. The first kappa shape index (κ1) is 10.3. The van der Waals surface area contributed by atoms with Crippen LogP contribution in [0.25, 0.3) is 0 Å². The normalized spacial score (nSPS) is 17.4. The van der Waals surface area contributed by atoms with E-state index < -0.39 is 22.1 Å². The van der Waals surface area contributed by atoms with Crippen molar-refractivity contribution < 1.29 is 27.1 Å². The molecule has 66 valence electrons. The first-order valence-electron chi connectivity index (χ1n) is 2.35. The molecule has 0 saturated carbocycles. The van der Waals surface area contributed by atoms with Crippen LogP contribution in [0.5, 0.6) is 0 Å². The van der Waals surface area contributed by atoms with Crippen LogP contribution in [-0.4, -0.2) is 29.8 Å². The standard InChI is InChI=1S/C3H7NO6S/c1-3(4,2(5)6)10-11(7,8)9/h4H2,1H3,(H,5,6)(H,7,8,9). The van der Waals surface area contributed by atoms with Gasteiger partial charge in [-0.25, -0.2) is 8.98 Å². The van der Waals surface area contributed by atoms with Gasteiger partial charge in [0.1, 0.15) is 0 Å². The number of rotatable bonds is 3. The van der Waals surface area contributed by atoms with Crippen LogP contribution in [-0.2, 0) is 19.4 Å². The minimum absolute atomic E-state index is 0.781. The third-order valence-electron chi connectivity index (χ3n) is 0.703. The van der Waals surface area contributed by atoms with Crippen LogP contribution < -0.4 is 5.73 Å². The summed E-state index contributed by atoms with van der Waals surface area (Å²) in [6.45, 7) is 0.781. The minimum Gasteiger partial charge on any atom is -0.478 e. The van der Waals surface area contributed by atoms with Crippen LogP contribution in [0, 0.1) is 0 Å². The van der Waals surface area contributed by atoms with E-state index in [1.807, 2.05) is 0 Å². The van der Waals surface area contributed by atoms with Gasteiger partial charge in [0, 0.05) is 0 Å². The molecule has 0 aromatic carbocycles. The molecule has 1 atom stereocenters. The predicted molar refractivity (Wildman–Crippen MR) is 32.9 cm³/mol. The van der Waals surface area contributed by atoms with Crippen molar-refractivity contribution in [3.05, 3.63) is 0 Å². The second-order valence-corrected chi connectivity index (χ2v) is 2.95. The molecule has 0 rings (SSSR count). The molecule has 0 aliphatic heterocycles. The highest BCUT2D eigenvalue weighted by atomic mass is 32.3. The Labute approximate surface area is 62.7 Å². The van der Waals surface area contributed by atoms with E-state index in [-0.39, 0.29) is 0 Å². The number of hydrogen-bond donors (Lipinski definition) is 3. The lowest BCUT2D eigenvalue weighted by Crippen LogP contribution is -2.48. The van der Waals surface area contributed by atoms with E-state index in [4.69, 9.17) is 15.4 Å². The van der Waals surface area contributed by atoms with Gasteiger partial charge in [-0.05, 0) is 6.92 Å². The minimum atomic E-state index is -4.83. The largest absolute Gasteiger partial charge is 0.478 e. The summed E-state index contributed by atoms with van der Waals surface area (Å²) in [5.41, 5.74) is 2.35. The molecule has 0 radical (unpaired) electrons. The number of aliphatic carboxylic acids is 1. The fraction of sp³-hybridized carbons (Fsp3) is 0.667. The molecule has 0 aromatic heterocycles. The Kier molecular flexibility index (Phi) is 2.56. The molecule has 0 saturated heterocycles. The highest BCUT2D eigenvalue weighted by Crippen LogP contribution is 2.04. The smallest absolute Gasteiger partial charge is 0.399 e. The molecule has 0 bridgehead atoms. The summed E-state index contributed by atoms with van der Waals surface area (Å²) in [4.78, 5) is 10.1. The molecule has 8 heteroatoms. The fourth-order valence-electron chi connectivity index (χ4n) is 0.254. The van der Waals surface area contributed by atoms with Gasteiger partial charge >= 0.3 is 16.4 Å². The molecule has 0 fully saturated rings. The highest BCUT2D eigenvalue weighted by molar-refractivity contribution is 7.81. The molecule has 0 aliphatic rings. The molecule has 7 nitrogen and oxygen atoms in total. The molecular weight excluding hydrogens is 178 g/mol. The van der Waals surface area contributed by atoms with Crippen molar-refractivity contribution in [2.45, 2.75) is 12.6 Å². The fourth-order valence-corrected chi connectivity index (χ4v) is 0.763. The molecule has 0 heterocycles. The lowest BCUT2D eigenvalue weighted by Gasteiger charge is -2.15. The van der Waals surface area contributed by atoms with Gasteiger partial charge in [0.2, 0.25) is 5.72 Å². The quantitative estimate of drug-likeness (QED) is 0.363. The average Bonchev–Trinajstić information content (AvgIpc) is 1.56. The summed E-state index contributed by atoms with van der Waals surface area (Å²) in [6, 6.07) is 0. The molecule has 0 aromatic rings. The van der Waals surface area contributed by atoms with Gasteiger partial charge in [-0.15, -0.1) is 0 Å². The number of carboxylic acids is 1. The number of carboxylic acid groups (broad SMARTS) is 1. The van der Waals surface area contributed by atoms with E-state index in [9.17, 15) is 13.2 Å². The van der Waals surface area contributed by atoms with Crippen molar-refractivity contribution in [2.24, 2.45) is 5.73 Å². The summed E-state index contributed by atoms with van der Waals surface area (Å²) < 4.78 is 31.5. The average molecular weight is 185 g/mol. The van der Waals surface area contributed by atoms with Crippen molar-refractivity contribution in [1.29, 1.82) is 0 Å². The Bertz CT molecular complexity index is 253. The molecule has 4 N–H and O–H groups in total. The van der Waals surface area contributed by atoms with E-state index in [2.05, 4.69) is 4.18 Å². The van der Waals surface area contributed by atoms with Crippen LogP contribution in [0.1, 0.15) is 6.92 Å². The lowest BCUT2D eigenvalue weighted by molar-refractivity contribution is -0.153. The molecule has 0 aliphatic carbocycles. The topological polar surface area (TPSA) is 127 Å².